The third-order valence-electron chi connectivity index (χ3n) is 5.04. The zero-order chi connectivity index (χ0) is 25.0. The fraction of sp³-hybridized carbons (Fsp3) is 0.125. The first-order chi connectivity index (χ1) is 16.7. The number of para-hydroxylation sites is 1. The van der Waals surface area contributed by atoms with E-state index >= 15 is 0 Å². The van der Waals surface area contributed by atoms with Crippen molar-refractivity contribution in [3.05, 3.63) is 79.1 Å². The summed E-state index contributed by atoms with van der Waals surface area (Å²) in [6, 6.07) is 18.6. The standard InChI is InChI=1S/C24H24N6O3S2/c1-29(2)23-25-15-17(16-26-23)21-13-14-22(34-21)35(32,33)30(3)20-11-9-19(10-12-20)28-24(31)27-18-7-5-4-6-8-18/h4-16H,1-3H3,(H2,27,28,31). The molecule has 0 aliphatic carbocycles. The zero-order valence-electron chi connectivity index (χ0n) is 19.3. The average Bonchev–Trinajstić information content (AvgIpc) is 3.36. The number of carbonyl (C=O) groups is 1. The van der Waals surface area contributed by atoms with Gasteiger partial charge in [0, 0.05) is 55.4 Å². The highest BCUT2D eigenvalue weighted by molar-refractivity contribution is 7.94. The predicted octanol–water partition coefficient (Wildman–Crippen LogP) is 4.74. The van der Waals surface area contributed by atoms with Crippen molar-refractivity contribution in [3.63, 3.8) is 0 Å². The Kier molecular flexibility index (Phi) is 6.99. The van der Waals surface area contributed by atoms with Crippen LogP contribution in [-0.4, -0.2) is 45.6 Å². The molecule has 2 aromatic heterocycles. The molecule has 4 rings (SSSR count). The van der Waals surface area contributed by atoms with E-state index in [0.29, 0.717) is 23.0 Å². The van der Waals surface area contributed by atoms with Crippen molar-refractivity contribution in [3.8, 4) is 10.4 Å². The molecular weight excluding hydrogens is 484 g/mol. The Bertz CT molecular complexity index is 1400. The van der Waals surface area contributed by atoms with Crippen LogP contribution in [0.3, 0.4) is 0 Å². The first-order valence-corrected chi connectivity index (χ1v) is 12.8. The molecule has 0 bridgehead atoms. The summed E-state index contributed by atoms with van der Waals surface area (Å²) in [7, 11) is 1.42. The van der Waals surface area contributed by atoms with Gasteiger partial charge in [-0.3, -0.25) is 4.31 Å². The van der Waals surface area contributed by atoms with Gasteiger partial charge in [-0.2, -0.15) is 0 Å². The van der Waals surface area contributed by atoms with Gasteiger partial charge in [0.05, 0.1) is 5.69 Å². The monoisotopic (exact) mass is 508 g/mol. The molecule has 2 aromatic carbocycles. The van der Waals surface area contributed by atoms with Crippen LogP contribution in [0.4, 0.5) is 27.8 Å². The van der Waals surface area contributed by atoms with Crippen molar-refractivity contribution >= 4 is 50.4 Å². The number of nitrogens with zero attached hydrogens (tertiary/aromatic N) is 4. The van der Waals surface area contributed by atoms with Crippen molar-refractivity contribution in [1.29, 1.82) is 0 Å². The molecule has 2 heterocycles. The molecule has 0 fully saturated rings. The maximum atomic E-state index is 13.2. The highest BCUT2D eigenvalue weighted by Gasteiger charge is 2.24. The molecule has 35 heavy (non-hydrogen) atoms. The van der Waals surface area contributed by atoms with Gasteiger partial charge in [-0.25, -0.2) is 23.2 Å². The van der Waals surface area contributed by atoms with E-state index in [1.165, 1.54) is 11.4 Å². The number of sulfonamides is 1. The summed E-state index contributed by atoms with van der Waals surface area (Å²) in [5.74, 6) is 0.577. The Morgan fingerprint density at radius 1 is 0.829 bits per heavy atom. The van der Waals surface area contributed by atoms with Crippen LogP contribution in [-0.2, 0) is 10.0 Å². The van der Waals surface area contributed by atoms with E-state index in [2.05, 4.69) is 20.6 Å². The number of thiophene rings is 1. The lowest BCUT2D eigenvalue weighted by Crippen LogP contribution is -2.25. The minimum atomic E-state index is -3.77. The summed E-state index contributed by atoms with van der Waals surface area (Å²) in [5, 5.41) is 5.46. The largest absolute Gasteiger partial charge is 0.347 e. The number of anilines is 4. The van der Waals surface area contributed by atoms with Crippen LogP contribution in [0.25, 0.3) is 10.4 Å². The second kappa shape index (κ2) is 10.1. The summed E-state index contributed by atoms with van der Waals surface area (Å²) < 4.78 is 27.8. The van der Waals surface area contributed by atoms with Gasteiger partial charge < -0.3 is 15.5 Å². The molecule has 0 aliphatic heterocycles. The summed E-state index contributed by atoms with van der Waals surface area (Å²) >= 11 is 1.15. The fourth-order valence-electron chi connectivity index (χ4n) is 3.14. The van der Waals surface area contributed by atoms with Gasteiger partial charge in [-0.05, 0) is 48.5 Å². The van der Waals surface area contributed by atoms with Crippen molar-refractivity contribution in [2.75, 3.05) is 41.0 Å². The molecule has 0 atom stereocenters. The molecule has 11 heteroatoms. The Morgan fingerprint density at radius 3 is 2.03 bits per heavy atom. The third-order valence-corrected chi connectivity index (χ3v) is 8.43. The normalized spacial score (nSPS) is 11.1. The number of benzene rings is 2. The Morgan fingerprint density at radius 2 is 1.43 bits per heavy atom. The minimum absolute atomic E-state index is 0.205. The lowest BCUT2D eigenvalue weighted by Gasteiger charge is -2.19. The summed E-state index contributed by atoms with van der Waals surface area (Å²) in [6.45, 7) is 0. The van der Waals surface area contributed by atoms with Crippen molar-refractivity contribution in [2.45, 2.75) is 4.21 Å². The van der Waals surface area contributed by atoms with E-state index in [4.69, 9.17) is 0 Å². The van der Waals surface area contributed by atoms with E-state index in [-0.39, 0.29) is 4.21 Å². The Balaban J connectivity index is 1.45. The Hall–Kier alpha value is -3.96. The molecule has 0 aliphatic rings. The number of amides is 2. The molecule has 0 unspecified atom stereocenters. The number of carbonyl (C=O) groups excluding carboxylic acids is 1. The zero-order valence-corrected chi connectivity index (χ0v) is 21.0. The first-order valence-electron chi connectivity index (χ1n) is 10.6. The number of aromatic nitrogens is 2. The maximum absolute atomic E-state index is 13.2. The maximum Gasteiger partial charge on any atom is 0.323 e. The summed E-state index contributed by atoms with van der Waals surface area (Å²) in [4.78, 5) is 23.3. The van der Waals surface area contributed by atoms with Crippen LogP contribution in [0.5, 0.6) is 0 Å². The van der Waals surface area contributed by atoms with E-state index in [1.807, 2.05) is 32.3 Å². The minimum Gasteiger partial charge on any atom is -0.347 e. The summed E-state index contributed by atoms with van der Waals surface area (Å²) in [6.07, 6.45) is 3.35. The molecule has 4 aromatic rings. The van der Waals surface area contributed by atoms with E-state index < -0.39 is 16.1 Å². The number of nitrogens with one attached hydrogen (secondary N) is 2. The third kappa shape index (κ3) is 5.58. The fourth-order valence-corrected chi connectivity index (χ4v) is 5.78. The van der Waals surface area contributed by atoms with Crippen LogP contribution in [0.1, 0.15) is 0 Å². The smallest absolute Gasteiger partial charge is 0.323 e. The molecule has 0 saturated heterocycles. The molecule has 2 N–H and O–H groups in total. The van der Waals surface area contributed by atoms with E-state index in [9.17, 15) is 13.2 Å². The van der Waals surface area contributed by atoms with Crippen molar-refractivity contribution < 1.29 is 13.2 Å². The van der Waals surface area contributed by atoms with Gasteiger partial charge in [0.1, 0.15) is 4.21 Å². The van der Waals surface area contributed by atoms with Crippen LogP contribution in [0, 0.1) is 0 Å². The number of rotatable bonds is 7. The van der Waals surface area contributed by atoms with Gasteiger partial charge in [0.15, 0.2) is 0 Å². The quantitative estimate of drug-likeness (QED) is 0.373. The van der Waals surface area contributed by atoms with Crippen LogP contribution in [0.2, 0.25) is 0 Å². The van der Waals surface area contributed by atoms with Gasteiger partial charge in [-0.1, -0.05) is 18.2 Å². The topological polar surface area (TPSA) is 108 Å². The molecule has 180 valence electrons. The molecular formula is C24H24N6O3S2. The highest BCUT2D eigenvalue weighted by Crippen LogP contribution is 2.33. The van der Waals surface area contributed by atoms with Gasteiger partial charge in [0.25, 0.3) is 10.0 Å². The van der Waals surface area contributed by atoms with Crippen LogP contribution < -0.4 is 19.8 Å². The number of hydrogen-bond acceptors (Lipinski definition) is 7. The lowest BCUT2D eigenvalue weighted by molar-refractivity contribution is 0.262. The average molecular weight is 509 g/mol. The molecule has 0 saturated carbocycles. The molecule has 9 nitrogen and oxygen atoms in total. The van der Waals surface area contributed by atoms with Gasteiger partial charge in [0.2, 0.25) is 5.95 Å². The predicted molar refractivity (Wildman–Crippen MR) is 141 cm³/mol. The number of hydrogen-bond donors (Lipinski definition) is 2. The van der Waals surface area contributed by atoms with Gasteiger partial charge in [-0.15, -0.1) is 11.3 Å². The second-order valence-electron chi connectivity index (χ2n) is 7.75. The van der Waals surface area contributed by atoms with Gasteiger partial charge >= 0.3 is 6.03 Å². The summed E-state index contributed by atoms with van der Waals surface area (Å²) in [5.41, 5.74) is 2.41. The Labute approximate surface area is 208 Å². The molecule has 0 spiro atoms. The van der Waals surface area contributed by atoms with Crippen LogP contribution in [0.15, 0.2) is 83.3 Å². The molecule has 2 amide bonds. The lowest BCUT2D eigenvalue weighted by atomic mass is 10.3. The highest BCUT2D eigenvalue weighted by atomic mass is 32.2. The van der Waals surface area contributed by atoms with E-state index in [0.717, 1.165) is 21.8 Å². The van der Waals surface area contributed by atoms with Crippen LogP contribution >= 0.6 is 11.3 Å². The SMILES string of the molecule is CN(C)c1ncc(-c2ccc(S(=O)(=O)N(C)c3ccc(NC(=O)Nc4ccccc4)cc3)s2)cn1. The van der Waals surface area contributed by atoms with Crippen molar-refractivity contribution in [1.82, 2.24) is 9.97 Å². The second-order valence-corrected chi connectivity index (χ2v) is 11.0. The molecule has 0 radical (unpaired) electrons. The first kappa shape index (κ1) is 24.2. The van der Waals surface area contributed by atoms with Crippen molar-refractivity contribution in [2.24, 2.45) is 0 Å². The number of urea groups is 1. The van der Waals surface area contributed by atoms with E-state index in [1.54, 1.807) is 65.8 Å².